The van der Waals surface area contributed by atoms with Crippen LogP contribution in [0.1, 0.15) is 19.4 Å². The molecule has 3 nitrogen and oxygen atoms in total. The maximum atomic E-state index is 13.3. The summed E-state index contributed by atoms with van der Waals surface area (Å²) in [5, 5.41) is 3.38. The van der Waals surface area contributed by atoms with Crippen LogP contribution in [0.2, 0.25) is 0 Å². The van der Waals surface area contributed by atoms with Crippen LogP contribution < -0.4 is 10.2 Å². The van der Waals surface area contributed by atoms with Gasteiger partial charge >= 0.3 is 0 Å². The zero-order valence-electron chi connectivity index (χ0n) is 12.1. The highest BCUT2D eigenvalue weighted by atomic mass is 19.1. The Morgan fingerprint density at radius 2 is 2.05 bits per heavy atom. The van der Waals surface area contributed by atoms with Gasteiger partial charge in [0.15, 0.2) is 0 Å². The van der Waals surface area contributed by atoms with Crippen molar-refractivity contribution >= 4 is 11.5 Å². The van der Waals surface area contributed by atoms with Crippen LogP contribution in [0.4, 0.5) is 15.9 Å². The second-order valence-electron chi connectivity index (χ2n) is 5.06. The summed E-state index contributed by atoms with van der Waals surface area (Å²) in [6.45, 7) is 4.94. The molecule has 1 N–H and O–H groups in total. The molecule has 1 aromatic heterocycles. The van der Waals surface area contributed by atoms with E-state index < -0.39 is 0 Å². The van der Waals surface area contributed by atoms with Crippen LogP contribution in [0.25, 0.3) is 0 Å². The Labute approximate surface area is 119 Å². The van der Waals surface area contributed by atoms with Crippen LogP contribution in [-0.2, 0) is 6.54 Å². The number of halogens is 1. The topological polar surface area (TPSA) is 28.2 Å². The number of benzene rings is 1. The molecule has 0 amide bonds. The Bertz CT molecular complexity index is 569. The average molecular weight is 273 g/mol. The molecule has 0 aliphatic rings. The van der Waals surface area contributed by atoms with Crippen molar-refractivity contribution in [1.29, 1.82) is 0 Å². The summed E-state index contributed by atoms with van der Waals surface area (Å²) in [6.07, 6.45) is 1.75. The molecule has 0 atom stereocenters. The Balaban J connectivity index is 2.27. The average Bonchev–Trinajstić information content (AvgIpc) is 2.44. The van der Waals surface area contributed by atoms with Gasteiger partial charge in [-0.1, -0.05) is 26.0 Å². The summed E-state index contributed by atoms with van der Waals surface area (Å²) >= 11 is 0. The van der Waals surface area contributed by atoms with Gasteiger partial charge in [-0.2, -0.15) is 0 Å². The minimum Gasteiger partial charge on any atom is -0.329 e. The van der Waals surface area contributed by atoms with E-state index in [0.29, 0.717) is 6.04 Å². The number of hydrogen-bond acceptors (Lipinski definition) is 3. The number of anilines is 2. The van der Waals surface area contributed by atoms with Gasteiger partial charge < -0.3 is 10.2 Å². The molecule has 0 aliphatic carbocycles. The zero-order chi connectivity index (χ0) is 14.5. The standard InChI is InChI=1S/C16H20FN3/c1-12(2)19-11-13-6-5-9-18-16(13)20(3)15-8-4-7-14(17)10-15/h4-10,12,19H,11H2,1-3H3. The Kier molecular flexibility index (Phi) is 4.69. The molecule has 0 spiro atoms. The minimum absolute atomic E-state index is 0.243. The maximum Gasteiger partial charge on any atom is 0.137 e. The van der Waals surface area contributed by atoms with Crippen molar-refractivity contribution in [3.05, 3.63) is 54.0 Å². The van der Waals surface area contributed by atoms with Crippen LogP contribution in [0.5, 0.6) is 0 Å². The van der Waals surface area contributed by atoms with Gasteiger partial charge in [0.2, 0.25) is 0 Å². The van der Waals surface area contributed by atoms with E-state index in [1.807, 2.05) is 30.1 Å². The summed E-state index contributed by atoms with van der Waals surface area (Å²) in [4.78, 5) is 6.33. The van der Waals surface area contributed by atoms with Crippen LogP contribution in [0.15, 0.2) is 42.6 Å². The number of pyridine rings is 1. The number of hydrogen-bond donors (Lipinski definition) is 1. The van der Waals surface area contributed by atoms with Gasteiger partial charge in [0.05, 0.1) is 0 Å². The van der Waals surface area contributed by atoms with Crippen LogP contribution in [0.3, 0.4) is 0 Å². The molecule has 0 saturated heterocycles. The smallest absolute Gasteiger partial charge is 0.137 e. The van der Waals surface area contributed by atoms with E-state index >= 15 is 0 Å². The quantitative estimate of drug-likeness (QED) is 0.904. The molecule has 1 heterocycles. The van der Waals surface area contributed by atoms with Gasteiger partial charge in [-0.25, -0.2) is 9.37 Å². The summed E-state index contributed by atoms with van der Waals surface area (Å²) < 4.78 is 13.3. The van der Waals surface area contributed by atoms with E-state index in [1.54, 1.807) is 12.3 Å². The molecule has 20 heavy (non-hydrogen) atoms. The third-order valence-electron chi connectivity index (χ3n) is 3.08. The van der Waals surface area contributed by atoms with Gasteiger partial charge in [0.25, 0.3) is 0 Å². The van der Waals surface area contributed by atoms with Gasteiger partial charge in [0, 0.05) is 37.1 Å². The van der Waals surface area contributed by atoms with E-state index in [-0.39, 0.29) is 5.82 Å². The second kappa shape index (κ2) is 6.48. The van der Waals surface area contributed by atoms with Gasteiger partial charge in [-0.3, -0.25) is 0 Å². The lowest BCUT2D eigenvalue weighted by Crippen LogP contribution is -2.24. The van der Waals surface area contributed by atoms with Crippen molar-refractivity contribution < 1.29 is 4.39 Å². The van der Waals surface area contributed by atoms with Crippen molar-refractivity contribution in [3.63, 3.8) is 0 Å². The monoisotopic (exact) mass is 273 g/mol. The molecule has 2 aromatic rings. The SMILES string of the molecule is CC(C)NCc1cccnc1N(C)c1cccc(F)c1. The molecule has 1 aromatic carbocycles. The number of nitrogens with one attached hydrogen (secondary N) is 1. The molecule has 4 heteroatoms. The lowest BCUT2D eigenvalue weighted by molar-refractivity contribution is 0.588. The zero-order valence-corrected chi connectivity index (χ0v) is 12.1. The predicted octanol–water partition coefficient (Wildman–Crippen LogP) is 3.49. The fourth-order valence-corrected chi connectivity index (χ4v) is 1.99. The van der Waals surface area contributed by atoms with Crippen LogP contribution >= 0.6 is 0 Å². The van der Waals surface area contributed by atoms with Crippen LogP contribution in [-0.4, -0.2) is 18.1 Å². The summed E-state index contributed by atoms with van der Waals surface area (Å²) in [6, 6.07) is 10.9. The lowest BCUT2D eigenvalue weighted by atomic mass is 10.2. The first-order chi connectivity index (χ1) is 9.58. The molecule has 0 unspecified atom stereocenters. The third kappa shape index (κ3) is 3.54. The normalized spacial score (nSPS) is 10.8. The van der Waals surface area contributed by atoms with E-state index in [9.17, 15) is 4.39 Å². The summed E-state index contributed by atoms with van der Waals surface area (Å²) in [7, 11) is 1.90. The number of rotatable bonds is 5. The minimum atomic E-state index is -0.243. The lowest BCUT2D eigenvalue weighted by Gasteiger charge is -2.22. The molecule has 106 valence electrons. The molecular formula is C16H20FN3. The van der Waals surface area contributed by atoms with Gasteiger partial charge in [-0.15, -0.1) is 0 Å². The van der Waals surface area contributed by atoms with Gasteiger partial charge in [-0.05, 0) is 24.3 Å². The van der Waals surface area contributed by atoms with Crippen molar-refractivity contribution in [2.45, 2.75) is 26.4 Å². The molecule has 2 rings (SSSR count). The van der Waals surface area contributed by atoms with Crippen LogP contribution in [0, 0.1) is 5.82 Å². The Morgan fingerprint density at radius 1 is 1.25 bits per heavy atom. The van der Waals surface area contributed by atoms with Crippen molar-refractivity contribution in [1.82, 2.24) is 10.3 Å². The largest absolute Gasteiger partial charge is 0.329 e. The Morgan fingerprint density at radius 3 is 2.75 bits per heavy atom. The second-order valence-corrected chi connectivity index (χ2v) is 5.06. The van der Waals surface area contributed by atoms with Crippen molar-refractivity contribution in [2.24, 2.45) is 0 Å². The first kappa shape index (κ1) is 14.5. The highest BCUT2D eigenvalue weighted by molar-refractivity contribution is 5.61. The maximum absolute atomic E-state index is 13.3. The van der Waals surface area contributed by atoms with Gasteiger partial charge in [0.1, 0.15) is 11.6 Å². The third-order valence-corrected chi connectivity index (χ3v) is 3.08. The molecule has 0 aliphatic heterocycles. The molecule has 0 bridgehead atoms. The number of aromatic nitrogens is 1. The van der Waals surface area contributed by atoms with E-state index in [2.05, 4.69) is 24.1 Å². The molecule has 0 saturated carbocycles. The fourth-order valence-electron chi connectivity index (χ4n) is 1.99. The Hall–Kier alpha value is -1.94. The van der Waals surface area contributed by atoms with Crippen molar-refractivity contribution in [2.75, 3.05) is 11.9 Å². The summed E-state index contributed by atoms with van der Waals surface area (Å²) in [5.41, 5.74) is 1.88. The molecule has 0 fully saturated rings. The first-order valence-electron chi connectivity index (χ1n) is 6.74. The van der Waals surface area contributed by atoms with E-state index in [0.717, 1.165) is 23.6 Å². The van der Waals surface area contributed by atoms with E-state index in [4.69, 9.17) is 0 Å². The first-order valence-corrected chi connectivity index (χ1v) is 6.74. The number of nitrogens with zero attached hydrogens (tertiary/aromatic N) is 2. The summed E-state index contributed by atoms with van der Waals surface area (Å²) in [5.74, 6) is 0.596. The highest BCUT2D eigenvalue weighted by Crippen LogP contribution is 2.25. The molecular weight excluding hydrogens is 253 g/mol. The van der Waals surface area contributed by atoms with Crippen molar-refractivity contribution in [3.8, 4) is 0 Å². The van der Waals surface area contributed by atoms with E-state index in [1.165, 1.54) is 12.1 Å². The highest BCUT2D eigenvalue weighted by Gasteiger charge is 2.11. The fraction of sp³-hybridized carbons (Fsp3) is 0.312. The molecule has 0 radical (unpaired) electrons. The predicted molar refractivity (Wildman–Crippen MR) is 80.7 cm³/mol.